The van der Waals surface area contributed by atoms with Crippen molar-refractivity contribution < 1.29 is 73.7 Å². The zero-order valence-electron chi connectivity index (χ0n) is 23.2. The monoisotopic (exact) mass is 614 g/mol. The zero-order chi connectivity index (χ0) is 34.3. The molecule has 0 heterocycles. The van der Waals surface area contributed by atoms with E-state index >= 15 is 0 Å². The van der Waals surface area contributed by atoms with Crippen LogP contribution < -0.4 is 54.2 Å². The highest BCUT2D eigenvalue weighted by molar-refractivity contribution is 5.71. The van der Waals surface area contributed by atoms with Gasteiger partial charge in [-0.25, -0.2) is 0 Å². The molecule has 0 bridgehead atoms. The number of aliphatic carboxylic acids is 5. The van der Waals surface area contributed by atoms with E-state index in [1.54, 1.807) is 0 Å². The van der Waals surface area contributed by atoms with Gasteiger partial charge < -0.3 is 92.8 Å². The Morgan fingerprint density at radius 3 is 1.38 bits per heavy atom. The molecule has 0 aromatic rings. The fourth-order valence-electron chi connectivity index (χ4n) is 1.32. The molecule has 20 heteroatoms. The lowest BCUT2D eigenvalue weighted by atomic mass is 10.1. The van der Waals surface area contributed by atoms with Gasteiger partial charge in [-0.3, -0.25) is 9.59 Å². The molecule has 5 atom stereocenters. The third-order valence-corrected chi connectivity index (χ3v) is 3.93. The molecule has 0 aromatic heterocycles. The fraction of sp³-hybridized carbons (Fsp3) is 0.682. The first-order valence-corrected chi connectivity index (χ1v) is 11.9. The number of ether oxygens (including phenoxy) is 2. The summed E-state index contributed by atoms with van der Waals surface area (Å²) in [6.07, 6.45) is 2.34. The normalized spacial score (nSPS) is 12.8. The Morgan fingerprint density at radius 1 is 0.690 bits per heavy atom. The van der Waals surface area contributed by atoms with Crippen molar-refractivity contribution >= 4 is 42.8 Å². The van der Waals surface area contributed by atoms with E-state index in [9.17, 15) is 59.1 Å². The highest BCUT2D eigenvalue weighted by Gasteiger charge is 2.02. The van der Waals surface area contributed by atoms with Crippen LogP contribution in [0.4, 0.5) is 0 Å². The number of carbonyl (C=O) groups excluding carboxylic acids is 7. The van der Waals surface area contributed by atoms with Crippen molar-refractivity contribution in [3.63, 3.8) is 0 Å². The van der Waals surface area contributed by atoms with Gasteiger partial charge in [0.2, 0.25) is 0 Å². The first-order chi connectivity index (χ1) is 19.4. The van der Waals surface area contributed by atoms with E-state index in [0.29, 0.717) is 25.9 Å². The summed E-state index contributed by atoms with van der Waals surface area (Å²) >= 11 is 0. The van der Waals surface area contributed by atoms with Gasteiger partial charge in [-0.15, -0.1) is 0 Å². The number of carbonyl (C=O) groups is 7. The lowest BCUT2D eigenvalue weighted by Gasteiger charge is -2.10. The Morgan fingerprint density at radius 2 is 1.12 bits per heavy atom. The summed E-state index contributed by atoms with van der Waals surface area (Å²) in [6, 6.07) is -4.13. The molecule has 0 rings (SSSR count). The van der Waals surface area contributed by atoms with E-state index in [4.69, 9.17) is 33.8 Å². The molecule has 0 aliphatic carbocycles. The molecule has 42 heavy (non-hydrogen) atoms. The standard InChI is InChI=1S/C6H14N2O2.C6H10O4.C4H7NO4.C3H7NO3.C3H7NO2/c7-4-2-1-3-5(8)6(9)10;1-5(6(8)9)2-3-10-4-7;5-3(4(7)8)1-9-2-6;4-2(1-5)3(6)7;1-2(4)3(5)6/h5H,1-4,7-8H2,(H,9,10);4-5H,2-3H2,1H3,(H,8,9);2-3H,1,5H2,(H,7,8);2,5H,1,4H2,(H,6,7);2H,4H2,1H3,(H,5,6)/p-5. The number of nitrogens with two attached hydrogens (primary N) is 5. The largest absolute Gasteiger partial charge is 0.550 e. The first-order valence-electron chi connectivity index (χ1n) is 11.9. The SMILES string of the molecule is CC(CCOC=O)C(=O)[O-].CC(N)C(=O)[O-].NC(CO)C(=O)[O-].NC(COC=O)C(=O)[O-].NCCCCC(N)C(=O)[O-]. The molecule has 248 valence electrons. The molecule has 20 nitrogen and oxygen atoms in total. The molecule has 0 fully saturated rings. The molecular weight excluding hydrogens is 574 g/mol. The minimum absolute atomic E-state index is 0.128. The maximum Gasteiger partial charge on any atom is 0.293 e. The quantitative estimate of drug-likeness (QED) is 0.0653. The molecule has 0 saturated carbocycles. The van der Waals surface area contributed by atoms with E-state index in [-0.39, 0.29) is 19.7 Å². The molecular formula is C22H40N5O15-5. The minimum atomic E-state index is -1.43. The van der Waals surface area contributed by atoms with E-state index in [0.717, 1.165) is 12.8 Å². The van der Waals surface area contributed by atoms with Gasteiger partial charge in [0.05, 0.1) is 49.2 Å². The molecule has 0 radical (unpaired) electrons. The molecule has 5 unspecified atom stereocenters. The summed E-state index contributed by atoms with van der Waals surface area (Å²) in [5.41, 5.74) is 24.7. The van der Waals surface area contributed by atoms with Crippen molar-refractivity contribution in [2.24, 2.45) is 34.6 Å². The van der Waals surface area contributed by atoms with Crippen LogP contribution in [0.2, 0.25) is 0 Å². The van der Waals surface area contributed by atoms with Crippen molar-refractivity contribution in [1.29, 1.82) is 0 Å². The van der Waals surface area contributed by atoms with Crippen LogP contribution in [0.3, 0.4) is 0 Å². The van der Waals surface area contributed by atoms with Crippen LogP contribution in [0, 0.1) is 5.92 Å². The Bertz CT molecular complexity index is 756. The van der Waals surface area contributed by atoms with Gasteiger partial charge >= 0.3 is 0 Å². The van der Waals surface area contributed by atoms with E-state index in [1.165, 1.54) is 13.8 Å². The van der Waals surface area contributed by atoms with Crippen LogP contribution >= 0.6 is 0 Å². The molecule has 0 saturated heterocycles. The molecule has 11 N–H and O–H groups in total. The van der Waals surface area contributed by atoms with Crippen molar-refractivity contribution in [2.75, 3.05) is 26.4 Å². The third kappa shape index (κ3) is 43.1. The number of hydrogen-bond donors (Lipinski definition) is 6. The first kappa shape index (κ1) is 47.8. The van der Waals surface area contributed by atoms with Crippen molar-refractivity contribution in [1.82, 2.24) is 0 Å². The van der Waals surface area contributed by atoms with Gasteiger partial charge in [-0.1, -0.05) is 13.3 Å². The lowest BCUT2D eigenvalue weighted by molar-refractivity contribution is -0.312. The van der Waals surface area contributed by atoms with Crippen molar-refractivity contribution in [3.05, 3.63) is 0 Å². The lowest BCUT2D eigenvalue weighted by Crippen LogP contribution is -2.44. The van der Waals surface area contributed by atoms with Gasteiger partial charge in [0, 0.05) is 18.1 Å². The second-order valence-corrected chi connectivity index (χ2v) is 7.76. The van der Waals surface area contributed by atoms with Crippen LogP contribution in [0.5, 0.6) is 0 Å². The van der Waals surface area contributed by atoms with Crippen molar-refractivity contribution in [3.8, 4) is 0 Å². The number of aliphatic hydroxyl groups excluding tert-OH is 1. The second-order valence-electron chi connectivity index (χ2n) is 7.76. The number of rotatable bonds is 17. The molecule has 0 aliphatic heterocycles. The maximum absolute atomic E-state index is 10.0. The van der Waals surface area contributed by atoms with E-state index in [2.05, 4.69) is 9.47 Å². The summed E-state index contributed by atoms with van der Waals surface area (Å²) < 4.78 is 8.31. The second kappa shape index (κ2) is 33.3. The van der Waals surface area contributed by atoms with Crippen molar-refractivity contribution in [2.45, 2.75) is 63.7 Å². The molecule has 0 aromatic carbocycles. The zero-order valence-corrected chi connectivity index (χ0v) is 23.2. The average Bonchev–Trinajstić information content (AvgIpc) is 2.92. The number of hydrogen-bond acceptors (Lipinski definition) is 20. The fourth-order valence-corrected chi connectivity index (χ4v) is 1.32. The van der Waals surface area contributed by atoms with E-state index < -0.39 is 66.5 Å². The van der Waals surface area contributed by atoms with Gasteiger partial charge in [-0.2, -0.15) is 0 Å². The predicted molar refractivity (Wildman–Crippen MR) is 130 cm³/mol. The molecule has 0 spiro atoms. The highest BCUT2D eigenvalue weighted by Crippen LogP contribution is 1.98. The molecule has 0 amide bonds. The number of unbranched alkanes of at least 4 members (excludes halogenated alkanes) is 1. The average molecular weight is 615 g/mol. The smallest absolute Gasteiger partial charge is 0.293 e. The summed E-state index contributed by atoms with van der Waals surface area (Å²) in [4.78, 5) is 67.8. The predicted octanol–water partition coefficient (Wildman–Crippen LogP) is -10.5. The molecule has 0 aliphatic rings. The summed E-state index contributed by atoms with van der Waals surface area (Å²) in [6.45, 7) is 3.09. The number of carboxylic acids is 5. The Kier molecular flexibility index (Phi) is 37.9. The van der Waals surface area contributed by atoms with Gasteiger partial charge in [-0.05, 0) is 38.6 Å². The third-order valence-electron chi connectivity index (χ3n) is 3.93. The van der Waals surface area contributed by atoms with Gasteiger partial charge in [0.25, 0.3) is 12.9 Å². The van der Waals surface area contributed by atoms with Crippen LogP contribution in [-0.4, -0.2) is 98.4 Å². The van der Waals surface area contributed by atoms with E-state index in [1.807, 2.05) is 0 Å². The van der Waals surface area contributed by atoms with Crippen LogP contribution in [-0.2, 0) is 43.0 Å². The number of aliphatic hydroxyl groups is 1. The summed E-state index contributed by atoms with van der Waals surface area (Å²) in [5, 5.41) is 56.8. The van der Waals surface area contributed by atoms with Crippen LogP contribution in [0.15, 0.2) is 0 Å². The summed E-state index contributed by atoms with van der Waals surface area (Å²) in [7, 11) is 0. The van der Waals surface area contributed by atoms with Crippen LogP contribution in [0.25, 0.3) is 0 Å². The Balaban J connectivity index is -0.000000138. The number of carboxylic acid groups (broad SMARTS) is 5. The Hall–Kier alpha value is -3.95. The minimum Gasteiger partial charge on any atom is -0.550 e. The van der Waals surface area contributed by atoms with Crippen LogP contribution in [0.1, 0.15) is 39.5 Å². The van der Waals surface area contributed by atoms with Gasteiger partial charge in [0.1, 0.15) is 6.61 Å². The highest BCUT2D eigenvalue weighted by atomic mass is 16.5. The summed E-state index contributed by atoms with van der Waals surface area (Å²) in [5.74, 6) is -6.93. The Labute approximate surface area is 241 Å². The topological polar surface area (TPSA) is 404 Å². The van der Waals surface area contributed by atoms with Gasteiger partial charge in [0.15, 0.2) is 0 Å². The maximum atomic E-state index is 10.0.